The fraction of sp³-hybridized carbons (Fsp3) is 0.455. The molecule has 0 unspecified atom stereocenters. The summed E-state index contributed by atoms with van der Waals surface area (Å²) >= 11 is 3.33. The van der Waals surface area contributed by atoms with E-state index in [4.69, 9.17) is 0 Å². The van der Waals surface area contributed by atoms with E-state index in [1.165, 1.54) is 0 Å². The topological polar surface area (TPSA) is 21.3 Å². The molecule has 0 aromatic heterocycles. The van der Waals surface area contributed by atoms with Gasteiger partial charge in [-0.05, 0) is 30.7 Å². The number of benzene rings is 1. The molecular weight excluding hydrogens is 299 g/mol. The van der Waals surface area contributed by atoms with Crippen molar-refractivity contribution in [3.05, 3.63) is 28.2 Å². The van der Waals surface area contributed by atoms with E-state index in [0.717, 1.165) is 15.7 Å². The van der Waals surface area contributed by atoms with Crippen LogP contribution in [0.4, 0.5) is 18.9 Å². The van der Waals surface area contributed by atoms with Crippen LogP contribution in [0.2, 0.25) is 0 Å². The van der Waals surface area contributed by atoms with E-state index in [-0.39, 0.29) is 6.61 Å². The molecule has 0 spiro atoms. The second-order valence-corrected chi connectivity index (χ2v) is 4.47. The first-order valence-corrected chi connectivity index (χ1v) is 5.82. The largest absolute Gasteiger partial charge is 0.411 e. The third kappa shape index (κ3) is 5.93. The van der Waals surface area contributed by atoms with Gasteiger partial charge >= 0.3 is 6.18 Å². The minimum atomic E-state index is -4.26. The lowest BCUT2D eigenvalue weighted by molar-refractivity contribution is -0.172. The molecule has 6 heteroatoms. The Bertz CT molecular complexity index is 368. The van der Waals surface area contributed by atoms with Crippen LogP contribution >= 0.6 is 15.9 Å². The van der Waals surface area contributed by atoms with Crippen LogP contribution in [0.25, 0.3) is 0 Å². The van der Waals surface area contributed by atoms with Crippen molar-refractivity contribution < 1.29 is 17.9 Å². The molecular formula is C11H13BrF3NO. The van der Waals surface area contributed by atoms with E-state index in [2.05, 4.69) is 26.0 Å². The quantitative estimate of drug-likeness (QED) is 0.836. The van der Waals surface area contributed by atoms with Crippen molar-refractivity contribution >= 4 is 21.6 Å². The molecule has 0 amide bonds. The molecule has 0 atom stereocenters. The van der Waals surface area contributed by atoms with Crippen LogP contribution in [-0.2, 0) is 4.74 Å². The molecule has 0 aliphatic heterocycles. The molecule has 0 bridgehead atoms. The molecule has 96 valence electrons. The van der Waals surface area contributed by atoms with Crippen molar-refractivity contribution in [2.75, 3.05) is 25.1 Å². The van der Waals surface area contributed by atoms with Gasteiger partial charge in [-0.3, -0.25) is 0 Å². The van der Waals surface area contributed by atoms with Crippen LogP contribution in [0.15, 0.2) is 22.7 Å². The fourth-order valence-electron chi connectivity index (χ4n) is 1.27. The molecule has 0 heterocycles. The predicted octanol–water partition coefficient (Wildman–Crippen LogP) is 3.75. The predicted molar refractivity (Wildman–Crippen MR) is 64.2 cm³/mol. The lowest BCUT2D eigenvalue weighted by atomic mass is 10.2. The van der Waals surface area contributed by atoms with Gasteiger partial charge in [0, 0.05) is 16.7 Å². The van der Waals surface area contributed by atoms with Crippen LogP contribution in [0.5, 0.6) is 0 Å². The number of alkyl halides is 3. The maximum atomic E-state index is 11.8. The zero-order valence-corrected chi connectivity index (χ0v) is 10.9. The standard InChI is InChI=1S/C11H13BrF3NO/c1-8-6-9(12)2-3-10(8)16-4-5-17-7-11(13,14)15/h2-3,6,16H,4-5,7H2,1H3. The highest BCUT2D eigenvalue weighted by Gasteiger charge is 2.27. The number of aryl methyl sites for hydroxylation is 1. The van der Waals surface area contributed by atoms with E-state index in [1.807, 2.05) is 25.1 Å². The van der Waals surface area contributed by atoms with Crippen molar-refractivity contribution in [2.45, 2.75) is 13.1 Å². The van der Waals surface area contributed by atoms with Gasteiger partial charge in [0.15, 0.2) is 0 Å². The first kappa shape index (κ1) is 14.3. The Morgan fingerprint density at radius 2 is 2.06 bits per heavy atom. The van der Waals surface area contributed by atoms with E-state index in [1.54, 1.807) is 0 Å². The zero-order chi connectivity index (χ0) is 12.9. The summed E-state index contributed by atoms with van der Waals surface area (Å²) in [5.41, 5.74) is 1.92. The Kier molecular flexibility index (Phi) is 5.27. The smallest absolute Gasteiger partial charge is 0.383 e. The average molecular weight is 312 g/mol. The number of rotatable bonds is 5. The first-order chi connectivity index (χ1) is 7.88. The molecule has 0 fully saturated rings. The summed E-state index contributed by atoms with van der Waals surface area (Å²) in [6.07, 6.45) is -4.26. The van der Waals surface area contributed by atoms with Crippen molar-refractivity contribution in [3.8, 4) is 0 Å². The minimum absolute atomic E-state index is 0.0228. The van der Waals surface area contributed by atoms with Gasteiger partial charge in [-0.2, -0.15) is 13.2 Å². The van der Waals surface area contributed by atoms with Crippen LogP contribution < -0.4 is 5.32 Å². The Balaban J connectivity index is 2.27. The van der Waals surface area contributed by atoms with Gasteiger partial charge in [0.05, 0.1) is 6.61 Å². The molecule has 0 aliphatic carbocycles. The van der Waals surface area contributed by atoms with Crippen LogP contribution in [0, 0.1) is 6.92 Å². The molecule has 0 saturated carbocycles. The number of ether oxygens (including phenoxy) is 1. The molecule has 0 aliphatic rings. The number of nitrogens with one attached hydrogen (secondary N) is 1. The molecule has 2 nitrogen and oxygen atoms in total. The second kappa shape index (κ2) is 6.26. The molecule has 1 rings (SSSR count). The molecule has 17 heavy (non-hydrogen) atoms. The summed E-state index contributed by atoms with van der Waals surface area (Å²) in [6.45, 7) is 1.09. The van der Waals surface area contributed by atoms with E-state index < -0.39 is 12.8 Å². The lowest BCUT2D eigenvalue weighted by Gasteiger charge is -2.11. The number of hydrogen-bond acceptors (Lipinski definition) is 2. The molecule has 0 saturated heterocycles. The normalized spacial score (nSPS) is 11.6. The molecule has 1 aromatic rings. The molecule has 1 N–H and O–H groups in total. The highest BCUT2D eigenvalue weighted by atomic mass is 79.9. The fourth-order valence-corrected chi connectivity index (χ4v) is 1.75. The van der Waals surface area contributed by atoms with Gasteiger partial charge in [-0.1, -0.05) is 15.9 Å². The third-order valence-electron chi connectivity index (χ3n) is 2.02. The molecule has 1 aromatic carbocycles. The Morgan fingerprint density at radius 3 is 2.65 bits per heavy atom. The summed E-state index contributed by atoms with van der Waals surface area (Å²) in [6, 6.07) is 5.66. The van der Waals surface area contributed by atoms with Gasteiger partial charge < -0.3 is 10.1 Å². The summed E-state index contributed by atoms with van der Waals surface area (Å²) < 4.78 is 40.7. The monoisotopic (exact) mass is 311 g/mol. The summed E-state index contributed by atoms with van der Waals surface area (Å²) in [5, 5.41) is 3.01. The zero-order valence-electron chi connectivity index (χ0n) is 9.27. The van der Waals surface area contributed by atoms with E-state index in [0.29, 0.717) is 6.54 Å². The highest BCUT2D eigenvalue weighted by Crippen LogP contribution is 2.19. The van der Waals surface area contributed by atoms with Gasteiger partial charge in [0.1, 0.15) is 6.61 Å². The van der Waals surface area contributed by atoms with Crippen molar-refractivity contribution in [2.24, 2.45) is 0 Å². The van der Waals surface area contributed by atoms with Crippen molar-refractivity contribution in [1.82, 2.24) is 0 Å². The van der Waals surface area contributed by atoms with E-state index >= 15 is 0 Å². The minimum Gasteiger partial charge on any atom is -0.383 e. The van der Waals surface area contributed by atoms with Gasteiger partial charge in [-0.15, -0.1) is 0 Å². The summed E-state index contributed by atoms with van der Waals surface area (Å²) in [4.78, 5) is 0. The maximum Gasteiger partial charge on any atom is 0.411 e. The van der Waals surface area contributed by atoms with Crippen LogP contribution in [0.1, 0.15) is 5.56 Å². The Morgan fingerprint density at radius 1 is 1.35 bits per heavy atom. The lowest BCUT2D eigenvalue weighted by Crippen LogP contribution is -2.20. The van der Waals surface area contributed by atoms with Gasteiger partial charge in [-0.25, -0.2) is 0 Å². The number of hydrogen-bond donors (Lipinski definition) is 1. The van der Waals surface area contributed by atoms with Gasteiger partial charge in [0.2, 0.25) is 0 Å². The van der Waals surface area contributed by atoms with Crippen LogP contribution in [-0.4, -0.2) is 25.9 Å². The van der Waals surface area contributed by atoms with E-state index in [9.17, 15) is 13.2 Å². The van der Waals surface area contributed by atoms with Crippen molar-refractivity contribution in [1.29, 1.82) is 0 Å². The molecule has 0 radical (unpaired) electrons. The second-order valence-electron chi connectivity index (χ2n) is 3.55. The van der Waals surface area contributed by atoms with Gasteiger partial charge in [0.25, 0.3) is 0 Å². The number of halogens is 4. The summed E-state index contributed by atoms with van der Waals surface area (Å²) in [5.74, 6) is 0. The Hall–Kier alpha value is -0.750. The highest BCUT2D eigenvalue weighted by molar-refractivity contribution is 9.10. The summed E-state index contributed by atoms with van der Waals surface area (Å²) in [7, 11) is 0. The first-order valence-electron chi connectivity index (χ1n) is 5.03. The SMILES string of the molecule is Cc1cc(Br)ccc1NCCOCC(F)(F)F. The average Bonchev–Trinajstić information content (AvgIpc) is 2.18. The Labute approximate surface area is 106 Å². The van der Waals surface area contributed by atoms with Crippen LogP contribution in [0.3, 0.4) is 0 Å². The maximum absolute atomic E-state index is 11.8. The third-order valence-corrected chi connectivity index (χ3v) is 2.51. The van der Waals surface area contributed by atoms with Crippen molar-refractivity contribution in [3.63, 3.8) is 0 Å². The number of anilines is 1.